The van der Waals surface area contributed by atoms with E-state index in [1.165, 1.54) is 0 Å². The number of carbonyl (C=O) groups is 2. The van der Waals surface area contributed by atoms with Gasteiger partial charge in [0, 0.05) is 18.5 Å². The van der Waals surface area contributed by atoms with Crippen LogP contribution in [0.1, 0.15) is 45.4 Å². The van der Waals surface area contributed by atoms with Crippen molar-refractivity contribution in [3.05, 3.63) is 12.2 Å². The van der Waals surface area contributed by atoms with Gasteiger partial charge >= 0.3 is 5.97 Å². The van der Waals surface area contributed by atoms with Gasteiger partial charge in [-0.1, -0.05) is 19.4 Å². The number of nitrogens with one attached hydrogen (secondary N) is 1. The van der Waals surface area contributed by atoms with Crippen molar-refractivity contribution in [2.75, 3.05) is 18.9 Å². The second-order valence-electron chi connectivity index (χ2n) is 4.51. The van der Waals surface area contributed by atoms with Gasteiger partial charge in [0.05, 0.1) is 6.61 Å². The van der Waals surface area contributed by atoms with E-state index in [4.69, 9.17) is 4.74 Å². The third-order valence-electron chi connectivity index (χ3n) is 2.54. The third-order valence-corrected chi connectivity index (χ3v) is 2.85. The maximum atomic E-state index is 11.4. The van der Waals surface area contributed by atoms with E-state index in [1.54, 1.807) is 6.92 Å². The van der Waals surface area contributed by atoms with Crippen LogP contribution in [0.15, 0.2) is 12.2 Å². The van der Waals surface area contributed by atoms with E-state index in [2.05, 4.69) is 24.5 Å². The lowest BCUT2D eigenvalue weighted by molar-refractivity contribution is -0.138. The normalized spacial score (nSPS) is 10.0. The van der Waals surface area contributed by atoms with E-state index in [0.29, 0.717) is 31.6 Å². The molecule has 0 aliphatic carbocycles. The average Bonchev–Trinajstić information content (AvgIpc) is 2.37. The molecule has 0 atom stereocenters. The molecule has 0 heterocycles. The number of esters is 1. The molecule has 0 aliphatic heterocycles. The Labute approximate surface area is 121 Å². The fourth-order valence-corrected chi connectivity index (χ4v) is 1.65. The summed E-state index contributed by atoms with van der Waals surface area (Å²) in [6.07, 6.45) is 5.43. The summed E-state index contributed by atoms with van der Waals surface area (Å²) < 4.78 is 4.91. The number of unbranched alkanes of at least 4 members (excludes halogenated alkanes) is 3. The fraction of sp³-hybridized carbons (Fsp3) is 0.714. The van der Waals surface area contributed by atoms with Crippen LogP contribution >= 0.6 is 12.6 Å². The Kier molecular flexibility index (Phi) is 11.5. The monoisotopic (exact) mass is 287 g/mol. The topological polar surface area (TPSA) is 55.4 Å². The van der Waals surface area contributed by atoms with Crippen molar-refractivity contribution in [2.24, 2.45) is 0 Å². The first-order chi connectivity index (χ1) is 9.07. The summed E-state index contributed by atoms with van der Waals surface area (Å²) in [4.78, 5) is 22.5. The van der Waals surface area contributed by atoms with Gasteiger partial charge in [0.15, 0.2) is 0 Å². The minimum atomic E-state index is -0.379. The number of thiol groups is 1. The molecular weight excluding hydrogens is 262 g/mol. The number of hydrogen-bond donors (Lipinski definition) is 2. The Balaban J connectivity index is 3.34. The minimum absolute atomic E-state index is 0.0668. The lowest BCUT2D eigenvalue weighted by atomic mass is 10.1. The zero-order valence-corrected chi connectivity index (χ0v) is 12.6. The molecular formula is C14H25NO3S. The minimum Gasteiger partial charge on any atom is -0.462 e. The average molecular weight is 287 g/mol. The second kappa shape index (κ2) is 12.1. The van der Waals surface area contributed by atoms with E-state index in [0.717, 1.165) is 31.4 Å². The first-order valence-electron chi connectivity index (χ1n) is 6.78. The van der Waals surface area contributed by atoms with Crippen LogP contribution in [0.25, 0.3) is 0 Å². The SMILES string of the molecule is C=C(C)C(=O)OCCCNC(=O)CCCCCCS. The molecule has 0 saturated heterocycles. The maximum Gasteiger partial charge on any atom is 0.333 e. The van der Waals surface area contributed by atoms with Gasteiger partial charge in [-0.2, -0.15) is 12.6 Å². The Hall–Kier alpha value is -0.970. The highest BCUT2D eigenvalue weighted by atomic mass is 32.1. The summed E-state index contributed by atoms with van der Waals surface area (Å²) in [7, 11) is 0. The smallest absolute Gasteiger partial charge is 0.333 e. The second-order valence-corrected chi connectivity index (χ2v) is 4.95. The molecule has 0 aliphatic rings. The van der Waals surface area contributed by atoms with Crippen LogP contribution in [0.2, 0.25) is 0 Å². The predicted molar refractivity (Wildman–Crippen MR) is 80.3 cm³/mol. The molecule has 0 rings (SSSR count). The summed E-state index contributed by atoms with van der Waals surface area (Å²) >= 11 is 4.14. The summed E-state index contributed by atoms with van der Waals surface area (Å²) in [5.74, 6) is 0.599. The van der Waals surface area contributed by atoms with Crippen molar-refractivity contribution in [2.45, 2.75) is 45.4 Å². The van der Waals surface area contributed by atoms with E-state index >= 15 is 0 Å². The van der Waals surface area contributed by atoms with Crippen LogP contribution in [0.3, 0.4) is 0 Å². The van der Waals surface area contributed by atoms with Gasteiger partial charge < -0.3 is 10.1 Å². The molecule has 0 aromatic carbocycles. The number of ether oxygens (including phenoxy) is 1. The van der Waals surface area contributed by atoms with Crippen LogP contribution in [0, 0.1) is 0 Å². The molecule has 0 radical (unpaired) electrons. The highest BCUT2D eigenvalue weighted by Crippen LogP contribution is 2.03. The fourth-order valence-electron chi connectivity index (χ4n) is 1.43. The summed E-state index contributed by atoms with van der Waals surface area (Å²) in [5.41, 5.74) is 0.394. The Morgan fingerprint density at radius 3 is 2.47 bits per heavy atom. The molecule has 0 unspecified atom stereocenters. The van der Waals surface area contributed by atoms with Gasteiger partial charge in [0.25, 0.3) is 0 Å². The van der Waals surface area contributed by atoms with Crippen LogP contribution in [0.4, 0.5) is 0 Å². The molecule has 1 amide bonds. The van der Waals surface area contributed by atoms with Crippen molar-refractivity contribution in [3.63, 3.8) is 0 Å². The Morgan fingerprint density at radius 2 is 1.84 bits per heavy atom. The number of hydrogen-bond acceptors (Lipinski definition) is 4. The lowest BCUT2D eigenvalue weighted by Gasteiger charge is -2.06. The number of rotatable bonds is 11. The highest BCUT2D eigenvalue weighted by Gasteiger charge is 2.03. The molecule has 0 bridgehead atoms. The van der Waals surface area contributed by atoms with Gasteiger partial charge in [0.1, 0.15) is 0 Å². The highest BCUT2D eigenvalue weighted by molar-refractivity contribution is 7.80. The van der Waals surface area contributed by atoms with Crippen molar-refractivity contribution in [1.29, 1.82) is 0 Å². The van der Waals surface area contributed by atoms with Crippen molar-refractivity contribution in [1.82, 2.24) is 5.32 Å². The van der Waals surface area contributed by atoms with Crippen molar-refractivity contribution in [3.8, 4) is 0 Å². The largest absolute Gasteiger partial charge is 0.462 e. The zero-order chi connectivity index (χ0) is 14.5. The van der Waals surface area contributed by atoms with Gasteiger partial charge in [-0.3, -0.25) is 4.79 Å². The van der Waals surface area contributed by atoms with Crippen LogP contribution < -0.4 is 5.32 Å². The number of amides is 1. The van der Waals surface area contributed by atoms with Gasteiger partial charge in [0.2, 0.25) is 5.91 Å². The Bertz CT molecular complexity index is 292. The van der Waals surface area contributed by atoms with E-state index in [9.17, 15) is 9.59 Å². The van der Waals surface area contributed by atoms with Crippen LogP contribution in [-0.4, -0.2) is 30.8 Å². The quantitative estimate of drug-likeness (QED) is 0.266. The molecule has 0 aromatic rings. The van der Waals surface area contributed by atoms with Crippen molar-refractivity contribution >= 4 is 24.5 Å². The molecule has 1 N–H and O–H groups in total. The lowest BCUT2D eigenvalue weighted by Crippen LogP contribution is -2.25. The van der Waals surface area contributed by atoms with Gasteiger partial charge in [-0.05, 0) is 31.9 Å². The molecule has 4 nitrogen and oxygen atoms in total. The van der Waals surface area contributed by atoms with Gasteiger partial charge in [-0.25, -0.2) is 4.79 Å². The van der Waals surface area contributed by atoms with E-state index < -0.39 is 0 Å². The summed E-state index contributed by atoms with van der Waals surface area (Å²) in [6, 6.07) is 0. The zero-order valence-electron chi connectivity index (χ0n) is 11.7. The predicted octanol–water partition coefficient (Wildman–Crippen LogP) is 2.49. The molecule has 19 heavy (non-hydrogen) atoms. The first-order valence-corrected chi connectivity index (χ1v) is 7.41. The molecule has 110 valence electrons. The summed E-state index contributed by atoms with van der Waals surface area (Å²) in [6.45, 7) is 5.95. The molecule has 0 fully saturated rings. The molecule has 0 spiro atoms. The van der Waals surface area contributed by atoms with Crippen LogP contribution in [-0.2, 0) is 14.3 Å². The standard InChI is InChI=1S/C14H25NO3S/c1-12(2)14(17)18-10-7-9-15-13(16)8-5-3-4-6-11-19/h19H,1,3-11H2,2H3,(H,15,16). The van der Waals surface area contributed by atoms with E-state index in [-0.39, 0.29) is 11.9 Å². The van der Waals surface area contributed by atoms with Gasteiger partial charge in [-0.15, -0.1) is 0 Å². The maximum absolute atomic E-state index is 11.4. The number of carbonyl (C=O) groups excluding carboxylic acids is 2. The van der Waals surface area contributed by atoms with Crippen molar-refractivity contribution < 1.29 is 14.3 Å². The third kappa shape index (κ3) is 11.8. The first kappa shape index (κ1) is 18.0. The van der Waals surface area contributed by atoms with E-state index in [1.807, 2.05) is 0 Å². The van der Waals surface area contributed by atoms with Crippen LogP contribution in [0.5, 0.6) is 0 Å². The molecule has 5 heteroatoms. The summed E-state index contributed by atoms with van der Waals surface area (Å²) in [5, 5.41) is 2.81. The Morgan fingerprint density at radius 1 is 1.16 bits per heavy atom. The molecule has 0 aromatic heterocycles. The molecule has 0 saturated carbocycles.